The molecule has 98 valence electrons. The van der Waals surface area contributed by atoms with E-state index in [1.54, 1.807) is 12.4 Å². The zero-order chi connectivity index (χ0) is 13.0. The number of carbonyl (C=O) groups is 1. The summed E-state index contributed by atoms with van der Waals surface area (Å²) >= 11 is 0. The quantitative estimate of drug-likeness (QED) is 0.857. The lowest BCUT2D eigenvalue weighted by atomic mass is 9.77. The van der Waals surface area contributed by atoms with Crippen molar-refractivity contribution in [3.8, 4) is 0 Å². The number of nitrogens with one attached hydrogen (secondary N) is 1. The van der Waals surface area contributed by atoms with Gasteiger partial charge in [0, 0.05) is 18.9 Å². The molecule has 0 unspecified atom stereocenters. The molecule has 0 saturated heterocycles. The van der Waals surface area contributed by atoms with Crippen LogP contribution in [0.2, 0.25) is 0 Å². The maximum absolute atomic E-state index is 11.5. The number of carboxylic acid groups (broad SMARTS) is 1. The molecule has 1 aliphatic carbocycles. The van der Waals surface area contributed by atoms with Crippen molar-refractivity contribution < 1.29 is 9.90 Å². The van der Waals surface area contributed by atoms with Gasteiger partial charge in [0.15, 0.2) is 0 Å². The number of rotatable bonds is 4. The van der Waals surface area contributed by atoms with Crippen molar-refractivity contribution in [1.29, 1.82) is 0 Å². The highest BCUT2D eigenvalue weighted by atomic mass is 16.4. The number of aromatic nitrogens is 1. The second kappa shape index (κ2) is 5.48. The third kappa shape index (κ3) is 2.88. The molecule has 0 aliphatic heterocycles. The number of hydrogen-bond acceptors (Lipinski definition) is 3. The average molecular weight is 248 g/mol. The van der Waals surface area contributed by atoms with Crippen LogP contribution in [0.4, 0.5) is 0 Å². The van der Waals surface area contributed by atoms with E-state index < -0.39 is 11.5 Å². The summed E-state index contributed by atoms with van der Waals surface area (Å²) in [6.45, 7) is 2.75. The minimum absolute atomic E-state index is 0.564. The molecule has 4 heteroatoms. The third-order valence-corrected chi connectivity index (χ3v) is 3.89. The minimum Gasteiger partial charge on any atom is -0.480 e. The van der Waals surface area contributed by atoms with Gasteiger partial charge < -0.3 is 5.11 Å². The molecule has 1 aliphatic rings. The van der Waals surface area contributed by atoms with Gasteiger partial charge in [-0.1, -0.05) is 13.0 Å². The third-order valence-electron chi connectivity index (χ3n) is 3.89. The van der Waals surface area contributed by atoms with E-state index in [0.717, 1.165) is 18.4 Å². The van der Waals surface area contributed by atoms with Crippen LogP contribution in [0.5, 0.6) is 0 Å². The Morgan fingerprint density at radius 1 is 1.56 bits per heavy atom. The largest absolute Gasteiger partial charge is 0.480 e. The number of hydrogen-bond donors (Lipinski definition) is 2. The van der Waals surface area contributed by atoms with Crippen molar-refractivity contribution in [3.05, 3.63) is 30.1 Å². The molecule has 4 nitrogen and oxygen atoms in total. The molecule has 2 N–H and O–H groups in total. The Bertz CT molecular complexity index is 398. The van der Waals surface area contributed by atoms with Gasteiger partial charge in [-0.05, 0) is 43.2 Å². The Morgan fingerprint density at radius 2 is 2.28 bits per heavy atom. The predicted octanol–water partition coefficient (Wildman–Crippen LogP) is 2.20. The fourth-order valence-corrected chi connectivity index (χ4v) is 2.50. The van der Waals surface area contributed by atoms with E-state index in [1.807, 2.05) is 12.1 Å². The van der Waals surface area contributed by atoms with E-state index in [1.165, 1.54) is 0 Å². The lowest BCUT2D eigenvalue weighted by molar-refractivity contribution is -0.146. The summed E-state index contributed by atoms with van der Waals surface area (Å²) in [6.07, 6.45) is 6.87. The number of pyridine rings is 1. The van der Waals surface area contributed by atoms with Crippen LogP contribution in [-0.2, 0) is 11.3 Å². The summed E-state index contributed by atoms with van der Waals surface area (Å²) in [5.41, 5.74) is 0.277. The maximum atomic E-state index is 11.5. The first kappa shape index (κ1) is 13.0. The highest BCUT2D eigenvalue weighted by molar-refractivity contribution is 5.78. The molecular weight excluding hydrogens is 228 g/mol. The van der Waals surface area contributed by atoms with Crippen LogP contribution in [0.1, 0.15) is 38.2 Å². The molecule has 0 spiro atoms. The fourth-order valence-electron chi connectivity index (χ4n) is 2.50. The van der Waals surface area contributed by atoms with Gasteiger partial charge in [-0.15, -0.1) is 0 Å². The molecule has 0 bridgehead atoms. The van der Waals surface area contributed by atoms with Crippen molar-refractivity contribution in [1.82, 2.24) is 10.3 Å². The molecular formula is C14H20N2O2. The highest BCUT2D eigenvalue weighted by Gasteiger charge is 2.40. The van der Waals surface area contributed by atoms with Crippen LogP contribution in [0, 0.1) is 5.92 Å². The molecule has 0 radical (unpaired) electrons. The number of aliphatic carboxylic acids is 1. The molecule has 18 heavy (non-hydrogen) atoms. The Labute approximate surface area is 107 Å². The summed E-state index contributed by atoms with van der Waals surface area (Å²) in [5, 5.41) is 12.7. The molecule has 0 atom stereocenters. The zero-order valence-electron chi connectivity index (χ0n) is 10.7. The molecule has 0 amide bonds. The summed E-state index contributed by atoms with van der Waals surface area (Å²) in [4.78, 5) is 15.6. The van der Waals surface area contributed by atoms with E-state index in [0.29, 0.717) is 25.3 Å². The predicted molar refractivity (Wildman–Crippen MR) is 69.1 cm³/mol. The van der Waals surface area contributed by atoms with Gasteiger partial charge in [-0.25, -0.2) is 0 Å². The van der Waals surface area contributed by atoms with Crippen LogP contribution in [0.25, 0.3) is 0 Å². The average Bonchev–Trinajstić information content (AvgIpc) is 2.39. The second-order valence-electron chi connectivity index (χ2n) is 5.28. The molecule has 1 heterocycles. The van der Waals surface area contributed by atoms with Gasteiger partial charge in [-0.3, -0.25) is 15.1 Å². The van der Waals surface area contributed by atoms with Crippen LogP contribution in [-0.4, -0.2) is 21.6 Å². The summed E-state index contributed by atoms with van der Waals surface area (Å²) in [7, 11) is 0. The topological polar surface area (TPSA) is 62.2 Å². The smallest absolute Gasteiger partial charge is 0.323 e. The lowest BCUT2D eigenvalue weighted by Crippen LogP contribution is -2.53. The van der Waals surface area contributed by atoms with Crippen molar-refractivity contribution in [2.75, 3.05) is 0 Å². The van der Waals surface area contributed by atoms with E-state index in [4.69, 9.17) is 0 Å². The first-order valence-electron chi connectivity index (χ1n) is 6.50. The number of carboxylic acids is 1. The van der Waals surface area contributed by atoms with Crippen LogP contribution < -0.4 is 5.32 Å². The Kier molecular flexibility index (Phi) is 3.97. The van der Waals surface area contributed by atoms with Gasteiger partial charge in [0.25, 0.3) is 0 Å². The molecule has 1 aromatic rings. The minimum atomic E-state index is -0.748. The summed E-state index contributed by atoms with van der Waals surface area (Å²) < 4.78 is 0. The van der Waals surface area contributed by atoms with Gasteiger partial charge in [-0.2, -0.15) is 0 Å². The van der Waals surface area contributed by atoms with Crippen molar-refractivity contribution in [2.24, 2.45) is 5.92 Å². The lowest BCUT2D eigenvalue weighted by Gasteiger charge is -2.36. The SMILES string of the molecule is CC1CCC(NCc2cccnc2)(C(=O)O)CC1. The maximum Gasteiger partial charge on any atom is 0.323 e. The van der Waals surface area contributed by atoms with Crippen LogP contribution in [0.3, 0.4) is 0 Å². The fraction of sp³-hybridized carbons (Fsp3) is 0.571. The highest BCUT2D eigenvalue weighted by Crippen LogP contribution is 2.32. The molecule has 1 saturated carbocycles. The summed E-state index contributed by atoms with van der Waals surface area (Å²) in [5.74, 6) is -0.0871. The van der Waals surface area contributed by atoms with Gasteiger partial charge in [0.2, 0.25) is 0 Å². The second-order valence-corrected chi connectivity index (χ2v) is 5.28. The molecule has 2 rings (SSSR count). The van der Waals surface area contributed by atoms with Crippen LogP contribution >= 0.6 is 0 Å². The van der Waals surface area contributed by atoms with Crippen molar-refractivity contribution in [2.45, 2.75) is 44.7 Å². The van der Waals surface area contributed by atoms with E-state index in [2.05, 4.69) is 17.2 Å². The Morgan fingerprint density at radius 3 is 2.83 bits per heavy atom. The summed E-state index contributed by atoms with van der Waals surface area (Å²) in [6, 6.07) is 3.83. The molecule has 1 aromatic heterocycles. The standard InChI is InChI=1S/C14H20N2O2/c1-11-4-6-14(7-5-11,13(17)18)16-10-12-3-2-8-15-9-12/h2-3,8-9,11,16H,4-7,10H2,1H3,(H,17,18). The number of nitrogens with zero attached hydrogens (tertiary/aromatic N) is 1. The van der Waals surface area contributed by atoms with E-state index in [9.17, 15) is 9.90 Å². The molecule has 0 aromatic carbocycles. The first-order valence-corrected chi connectivity index (χ1v) is 6.50. The normalized spacial score (nSPS) is 27.9. The Hall–Kier alpha value is -1.42. The van der Waals surface area contributed by atoms with Gasteiger partial charge in [0.05, 0.1) is 0 Å². The first-order chi connectivity index (χ1) is 8.62. The van der Waals surface area contributed by atoms with Gasteiger partial charge >= 0.3 is 5.97 Å². The molecule has 1 fully saturated rings. The van der Waals surface area contributed by atoms with Crippen molar-refractivity contribution >= 4 is 5.97 Å². The van der Waals surface area contributed by atoms with E-state index in [-0.39, 0.29) is 0 Å². The van der Waals surface area contributed by atoms with Gasteiger partial charge in [0.1, 0.15) is 5.54 Å². The van der Waals surface area contributed by atoms with Crippen LogP contribution in [0.15, 0.2) is 24.5 Å². The van der Waals surface area contributed by atoms with E-state index >= 15 is 0 Å². The Balaban J connectivity index is 2.01. The zero-order valence-corrected chi connectivity index (χ0v) is 10.7. The monoisotopic (exact) mass is 248 g/mol. The van der Waals surface area contributed by atoms with Crippen molar-refractivity contribution in [3.63, 3.8) is 0 Å².